The molecule has 0 aromatic heterocycles. The van der Waals surface area contributed by atoms with Crippen LogP contribution in [-0.2, 0) is 6.42 Å². The van der Waals surface area contributed by atoms with Crippen LogP contribution in [0.2, 0.25) is 5.02 Å². The van der Waals surface area contributed by atoms with Gasteiger partial charge in [0.05, 0.1) is 12.7 Å². The quantitative estimate of drug-likeness (QED) is 0.799. The fraction of sp³-hybridized carbons (Fsp3) is 0.294. The van der Waals surface area contributed by atoms with Gasteiger partial charge < -0.3 is 9.84 Å². The number of ether oxygens (including phenoxy) is 1. The molecule has 2 aromatic rings. The van der Waals surface area contributed by atoms with Crippen molar-refractivity contribution in [2.75, 3.05) is 6.61 Å². The van der Waals surface area contributed by atoms with Crippen LogP contribution in [0, 0.1) is 0 Å². The summed E-state index contributed by atoms with van der Waals surface area (Å²) in [6.07, 6.45) is 1.34. The third kappa shape index (κ3) is 4.26. The first kappa shape index (κ1) is 14.9. The minimum Gasteiger partial charge on any atom is -0.493 e. The molecule has 0 heterocycles. The van der Waals surface area contributed by atoms with Gasteiger partial charge >= 0.3 is 0 Å². The lowest BCUT2D eigenvalue weighted by Crippen LogP contribution is -2.03. The van der Waals surface area contributed by atoms with E-state index in [0.29, 0.717) is 17.4 Å². The molecule has 2 aromatic carbocycles. The first-order valence-electron chi connectivity index (χ1n) is 6.81. The highest BCUT2D eigenvalue weighted by Gasteiger charge is 2.09. The van der Waals surface area contributed by atoms with Gasteiger partial charge in [0.2, 0.25) is 0 Å². The van der Waals surface area contributed by atoms with Gasteiger partial charge in [-0.2, -0.15) is 0 Å². The van der Waals surface area contributed by atoms with Crippen LogP contribution >= 0.6 is 11.6 Å². The Kier molecular flexibility index (Phi) is 5.45. The third-order valence-electron chi connectivity index (χ3n) is 3.13. The summed E-state index contributed by atoms with van der Waals surface area (Å²) in [6, 6.07) is 15.7. The van der Waals surface area contributed by atoms with Crippen molar-refractivity contribution in [2.45, 2.75) is 25.9 Å². The molecule has 0 amide bonds. The van der Waals surface area contributed by atoms with E-state index >= 15 is 0 Å². The number of halogens is 1. The smallest absolute Gasteiger partial charge is 0.125 e. The molecule has 0 fully saturated rings. The normalized spacial score (nSPS) is 12.2. The summed E-state index contributed by atoms with van der Waals surface area (Å²) in [7, 11) is 0. The number of aryl methyl sites for hydroxylation is 1. The highest BCUT2D eigenvalue weighted by atomic mass is 35.5. The lowest BCUT2D eigenvalue weighted by molar-refractivity contribution is 0.191. The zero-order valence-electron chi connectivity index (χ0n) is 11.6. The van der Waals surface area contributed by atoms with Crippen LogP contribution in [0.4, 0.5) is 0 Å². The number of hydrogen-bond acceptors (Lipinski definition) is 2. The van der Waals surface area contributed by atoms with E-state index in [4.69, 9.17) is 16.3 Å². The zero-order valence-corrected chi connectivity index (χ0v) is 12.3. The average Bonchev–Trinajstić information content (AvgIpc) is 2.45. The SMILES string of the molecule is CC(O)c1cc(Cl)ccc1OCCCc1ccccc1. The maximum absolute atomic E-state index is 9.72. The predicted molar refractivity (Wildman–Crippen MR) is 82.3 cm³/mol. The Morgan fingerprint density at radius 3 is 2.60 bits per heavy atom. The van der Waals surface area contributed by atoms with Gasteiger partial charge in [0.1, 0.15) is 5.75 Å². The maximum atomic E-state index is 9.72. The number of aliphatic hydroxyl groups excluding tert-OH is 1. The van der Waals surface area contributed by atoms with Gasteiger partial charge in [-0.15, -0.1) is 0 Å². The summed E-state index contributed by atoms with van der Waals surface area (Å²) in [6.45, 7) is 2.33. The second kappa shape index (κ2) is 7.32. The summed E-state index contributed by atoms with van der Waals surface area (Å²) in [5, 5.41) is 10.3. The Balaban J connectivity index is 1.88. The van der Waals surface area contributed by atoms with Crippen molar-refractivity contribution in [3.63, 3.8) is 0 Å². The van der Waals surface area contributed by atoms with Crippen molar-refractivity contribution in [3.05, 3.63) is 64.7 Å². The van der Waals surface area contributed by atoms with Crippen LogP contribution in [0.15, 0.2) is 48.5 Å². The van der Waals surface area contributed by atoms with E-state index in [1.54, 1.807) is 19.1 Å². The van der Waals surface area contributed by atoms with Gasteiger partial charge in [0.15, 0.2) is 0 Å². The molecule has 0 bridgehead atoms. The molecule has 0 aliphatic heterocycles. The van der Waals surface area contributed by atoms with Gasteiger partial charge in [0.25, 0.3) is 0 Å². The summed E-state index contributed by atoms with van der Waals surface area (Å²) in [5.74, 6) is 0.706. The number of hydrogen-bond donors (Lipinski definition) is 1. The average molecular weight is 291 g/mol. The Morgan fingerprint density at radius 2 is 1.90 bits per heavy atom. The Morgan fingerprint density at radius 1 is 1.15 bits per heavy atom. The van der Waals surface area contributed by atoms with E-state index in [2.05, 4.69) is 12.1 Å². The molecule has 2 nitrogen and oxygen atoms in total. The van der Waals surface area contributed by atoms with Crippen molar-refractivity contribution in [2.24, 2.45) is 0 Å². The monoisotopic (exact) mass is 290 g/mol. The minimum absolute atomic E-state index is 0.585. The summed E-state index contributed by atoms with van der Waals surface area (Å²) in [4.78, 5) is 0. The van der Waals surface area contributed by atoms with E-state index in [-0.39, 0.29) is 0 Å². The van der Waals surface area contributed by atoms with Crippen molar-refractivity contribution in [1.82, 2.24) is 0 Å². The lowest BCUT2D eigenvalue weighted by Gasteiger charge is -2.13. The maximum Gasteiger partial charge on any atom is 0.125 e. The van der Waals surface area contributed by atoms with Crippen molar-refractivity contribution >= 4 is 11.6 Å². The summed E-state index contributed by atoms with van der Waals surface area (Å²) >= 11 is 5.94. The summed E-state index contributed by atoms with van der Waals surface area (Å²) < 4.78 is 5.76. The zero-order chi connectivity index (χ0) is 14.4. The molecule has 1 atom stereocenters. The minimum atomic E-state index is -0.585. The van der Waals surface area contributed by atoms with Crippen LogP contribution in [0.5, 0.6) is 5.75 Å². The second-order valence-electron chi connectivity index (χ2n) is 4.80. The fourth-order valence-corrected chi connectivity index (χ4v) is 2.26. The van der Waals surface area contributed by atoms with Crippen LogP contribution in [0.25, 0.3) is 0 Å². The molecule has 0 aliphatic carbocycles. The molecule has 1 unspecified atom stereocenters. The molecule has 106 valence electrons. The highest BCUT2D eigenvalue weighted by Crippen LogP contribution is 2.28. The van der Waals surface area contributed by atoms with Crippen molar-refractivity contribution in [1.29, 1.82) is 0 Å². The van der Waals surface area contributed by atoms with Crippen LogP contribution < -0.4 is 4.74 Å². The molecule has 0 aliphatic rings. The first-order chi connectivity index (χ1) is 9.66. The number of rotatable bonds is 6. The molecule has 20 heavy (non-hydrogen) atoms. The first-order valence-corrected chi connectivity index (χ1v) is 7.19. The van der Waals surface area contributed by atoms with E-state index in [1.165, 1.54) is 5.56 Å². The standard InChI is InChI=1S/C17H19ClO2/c1-13(19)16-12-15(18)9-10-17(16)20-11-5-8-14-6-3-2-4-7-14/h2-4,6-7,9-10,12-13,19H,5,8,11H2,1H3. The molecule has 1 N–H and O–H groups in total. The largest absolute Gasteiger partial charge is 0.493 e. The molecule has 0 radical (unpaired) electrons. The van der Waals surface area contributed by atoms with E-state index in [9.17, 15) is 5.11 Å². The van der Waals surface area contributed by atoms with E-state index in [1.807, 2.05) is 24.3 Å². The Hall–Kier alpha value is -1.51. The molecular weight excluding hydrogens is 272 g/mol. The molecule has 3 heteroatoms. The van der Waals surface area contributed by atoms with Crippen LogP contribution in [0.1, 0.15) is 30.6 Å². The van der Waals surface area contributed by atoms with Gasteiger partial charge in [-0.25, -0.2) is 0 Å². The van der Waals surface area contributed by atoms with Gasteiger partial charge in [-0.3, -0.25) is 0 Å². The lowest BCUT2D eigenvalue weighted by atomic mass is 10.1. The van der Waals surface area contributed by atoms with Crippen LogP contribution in [-0.4, -0.2) is 11.7 Å². The number of benzene rings is 2. The molecule has 0 spiro atoms. The Labute approximate surface area is 125 Å². The topological polar surface area (TPSA) is 29.5 Å². The highest BCUT2D eigenvalue weighted by molar-refractivity contribution is 6.30. The van der Waals surface area contributed by atoms with Gasteiger partial charge in [-0.05, 0) is 43.5 Å². The Bertz CT molecular complexity index is 538. The van der Waals surface area contributed by atoms with E-state index < -0.39 is 6.10 Å². The summed E-state index contributed by atoms with van der Waals surface area (Å²) in [5.41, 5.74) is 2.04. The van der Waals surface area contributed by atoms with Crippen LogP contribution in [0.3, 0.4) is 0 Å². The van der Waals surface area contributed by atoms with E-state index in [0.717, 1.165) is 18.4 Å². The van der Waals surface area contributed by atoms with Crippen molar-refractivity contribution < 1.29 is 9.84 Å². The molecule has 0 saturated heterocycles. The molecule has 0 saturated carbocycles. The third-order valence-corrected chi connectivity index (χ3v) is 3.37. The molecule has 2 rings (SSSR count). The van der Waals surface area contributed by atoms with Gasteiger partial charge in [-0.1, -0.05) is 41.9 Å². The molecular formula is C17H19ClO2. The van der Waals surface area contributed by atoms with Crippen molar-refractivity contribution in [3.8, 4) is 5.75 Å². The number of aliphatic hydroxyl groups is 1. The van der Waals surface area contributed by atoms with Gasteiger partial charge in [0, 0.05) is 10.6 Å². The second-order valence-corrected chi connectivity index (χ2v) is 5.23. The fourth-order valence-electron chi connectivity index (χ4n) is 2.08. The predicted octanol–water partition coefficient (Wildman–Crippen LogP) is 4.40.